The molecule has 0 amide bonds. The summed E-state index contributed by atoms with van der Waals surface area (Å²) in [6.07, 6.45) is 0. The molecule has 0 rings (SSSR count). The normalized spacial score (nSPS) is 0. The van der Waals surface area contributed by atoms with Crippen LogP contribution >= 0.6 is 0 Å². The standard InChI is InChI=1S/Fe.Mg.Mn.Zr.2H. The van der Waals surface area contributed by atoms with Crippen LogP contribution in [0.3, 0.4) is 0 Å². The van der Waals surface area contributed by atoms with Crippen molar-refractivity contribution in [2.45, 2.75) is 0 Å². The Balaban J connectivity index is 0. The van der Waals surface area contributed by atoms with Crippen molar-refractivity contribution in [2.24, 2.45) is 0 Å². The topological polar surface area (TPSA) is 0 Å². The molecule has 0 fully saturated rings. The average molecular weight is 228 g/mol. The van der Waals surface area contributed by atoms with Gasteiger partial charge >= 0.3 is 23.1 Å². The van der Waals surface area contributed by atoms with E-state index in [0.29, 0.717) is 0 Å². The minimum atomic E-state index is 0. The smallest absolute Gasteiger partial charge is 0 e. The molecule has 0 heterocycles. The van der Waals surface area contributed by atoms with Crippen LogP contribution in [0.25, 0.3) is 0 Å². The molecule has 0 atom stereocenters. The Morgan fingerprint density at radius 1 is 1.00 bits per heavy atom. The van der Waals surface area contributed by atoms with Gasteiger partial charge in [0.15, 0.2) is 0 Å². The third kappa shape index (κ3) is 8.82. The van der Waals surface area contributed by atoms with E-state index in [9.17, 15) is 0 Å². The molecule has 0 saturated carbocycles. The van der Waals surface area contributed by atoms with Crippen LogP contribution < -0.4 is 0 Å². The second-order valence-corrected chi connectivity index (χ2v) is 0. The van der Waals surface area contributed by atoms with Gasteiger partial charge in [0.05, 0.1) is 0 Å². The van der Waals surface area contributed by atoms with Crippen molar-refractivity contribution in [3.63, 3.8) is 0 Å². The molecule has 0 unspecified atom stereocenters. The molecule has 0 saturated heterocycles. The van der Waals surface area contributed by atoms with Crippen molar-refractivity contribution in [1.82, 2.24) is 0 Å². The molecule has 0 aliphatic heterocycles. The first-order valence-electron chi connectivity index (χ1n) is 0. The Morgan fingerprint density at radius 2 is 1.00 bits per heavy atom. The van der Waals surface area contributed by atoms with Gasteiger partial charge in [-0.25, -0.2) is 0 Å². The monoisotopic (exact) mass is 227 g/mol. The molecule has 0 spiro atoms. The van der Waals surface area contributed by atoms with E-state index in [2.05, 4.69) is 0 Å². The number of rotatable bonds is 0. The predicted octanol–water partition coefficient (Wildman–Crippen LogP) is -0.924. The van der Waals surface area contributed by atoms with Crippen molar-refractivity contribution in [1.29, 1.82) is 0 Å². The van der Waals surface area contributed by atoms with Gasteiger partial charge in [0.1, 0.15) is 0 Å². The van der Waals surface area contributed by atoms with Crippen LogP contribution in [-0.2, 0) is 60.3 Å². The van der Waals surface area contributed by atoms with Crippen molar-refractivity contribution in [3.8, 4) is 0 Å². The van der Waals surface area contributed by atoms with Gasteiger partial charge in [0.2, 0.25) is 0 Å². The van der Waals surface area contributed by atoms with Gasteiger partial charge in [-0.2, -0.15) is 0 Å². The fourth-order valence-corrected chi connectivity index (χ4v) is 0. The van der Waals surface area contributed by atoms with Gasteiger partial charge in [-0.15, -0.1) is 0 Å². The molecule has 1 radical (unpaired) electrons. The van der Waals surface area contributed by atoms with Crippen molar-refractivity contribution >= 4 is 23.1 Å². The largest absolute Gasteiger partial charge is 0.316 e. The van der Waals surface area contributed by atoms with Crippen molar-refractivity contribution in [2.75, 3.05) is 0 Å². The van der Waals surface area contributed by atoms with Crippen LogP contribution in [-0.4, -0.2) is 23.1 Å². The molecular weight excluding hydrogens is 226 g/mol. The SMILES string of the molecule is [Fe].[MgH2].[Mn].[Zr]. The first-order valence-corrected chi connectivity index (χ1v) is 0. The second-order valence-electron chi connectivity index (χ2n) is 0. The first kappa shape index (κ1) is 29.9. The maximum absolute atomic E-state index is 0. The zero-order valence-electron chi connectivity index (χ0n) is 1.23. The van der Waals surface area contributed by atoms with Crippen LogP contribution in [0.1, 0.15) is 0 Å². The summed E-state index contributed by atoms with van der Waals surface area (Å²) in [6, 6.07) is 0. The van der Waals surface area contributed by atoms with E-state index in [0.717, 1.165) is 0 Å². The maximum atomic E-state index is 0. The van der Waals surface area contributed by atoms with Gasteiger partial charge < -0.3 is 0 Å². The molecule has 4 heavy (non-hydrogen) atoms. The summed E-state index contributed by atoms with van der Waals surface area (Å²) < 4.78 is 0. The Morgan fingerprint density at radius 3 is 1.00 bits per heavy atom. The summed E-state index contributed by atoms with van der Waals surface area (Å²) in [7, 11) is 0. The molecule has 23 valence electrons. The molecule has 0 aliphatic rings. The van der Waals surface area contributed by atoms with Crippen molar-refractivity contribution in [3.05, 3.63) is 0 Å². The summed E-state index contributed by atoms with van der Waals surface area (Å²) in [5.41, 5.74) is 0. The molecule has 0 bridgehead atoms. The molecule has 4 heteroatoms. The zero-order chi connectivity index (χ0) is 0. The molecule has 0 aromatic heterocycles. The minimum absolute atomic E-state index is 0. The zero-order valence-corrected chi connectivity index (χ0v) is 5.97. The van der Waals surface area contributed by atoms with Crippen molar-refractivity contribution < 1.29 is 60.3 Å². The van der Waals surface area contributed by atoms with E-state index in [4.69, 9.17) is 0 Å². The van der Waals surface area contributed by atoms with Gasteiger partial charge in [-0.05, 0) is 0 Å². The van der Waals surface area contributed by atoms with Crippen LogP contribution in [0.4, 0.5) is 0 Å². The molecule has 0 aliphatic carbocycles. The summed E-state index contributed by atoms with van der Waals surface area (Å²) in [5, 5.41) is 0. The van der Waals surface area contributed by atoms with Crippen LogP contribution in [0.15, 0.2) is 0 Å². The summed E-state index contributed by atoms with van der Waals surface area (Å²) in [6.45, 7) is 0. The molecule has 0 N–H and O–H groups in total. The quantitative estimate of drug-likeness (QED) is 0.470. The van der Waals surface area contributed by atoms with Crippen LogP contribution in [0.5, 0.6) is 0 Å². The van der Waals surface area contributed by atoms with Crippen LogP contribution in [0.2, 0.25) is 0 Å². The Kier molecular flexibility index (Phi) is 130. The fraction of sp³-hybridized carbons (Fsp3) is 0. The van der Waals surface area contributed by atoms with Crippen LogP contribution in [0, 0.1) is 0 Å². The fourth-order valence-electron chi connectivity index (χ4n) is 0. The Labute approximate surface area is 82.1 Å². The number of hydrogen-bond donors (Lipinski definition) is 0. The summed E-state index contributed by atoms with van der Waals surface area (Å²) >= 11 is 0. The second kappa shape index (κ2) is 17.3. The Bertz CT molecular complexity index is 8.00. The van der Waals surface area contributed by atoms with E-state index in [-0.39, 0.29) is 83.4 Å². The Hall–Kier alpha value is 2.69. The summed E-state index contributed by atoms with van der Waals surface area (Å²) in [5.74, 6) is 0. The van der Waals surface area contributed by atoms with Gasteiger partial charge in [0.25, 0.3) is 0 Å². The third-order valence-electron chi connectivity index (χ3n) is 0. The van der Waals surface area contributed by atoms with E-state index in [1.54, 1.807) is 0 Å². The molecule has 0 nitrogen and oxygen atoms in total. The van der Waals surface area contributed by atoms with Gasteiger partial charge in [0, 0.05) is 60.3 Å². The summed E-state index contributed by atoms with van der Waals surface area (Å²) in [4.78, 5) is 0. The molecule has 0 aromatic carbocycles. The van der Waals surface area contributed by atoms with Gasteiger partial charge in [-0.3, -0.25) is 0 Å². The van der Waals surface area contributed by atoms with E-state index in [1.807, 2.05) is 0 Å². The molecular formula is H2FeMgMnZr. The first-order chi connectivity index (χ1) is 0. The van der Waals surface area contributed by atoms with E-state index >= 15 is 0 Å². The molecule has 0 aromatic rings. The number of hydrogen-bond acceptors (Lipinski definition) is 0. The minimum Gasteiger partial charge on any atom is 0 e. The average Bonchev–Trinajstić information content (AvgIpc) is 0. The van der Waals surface area contributed by atoms with E-state index in [1.165, 1.54) is 0 Å². The maximum Gasteiger partial charge on any atom is 0.316 e. The predicted molar refractivity (Wildman–Crippen MR) is 8.54 cm³/mol. The van der Waals surface area contributed by atoms with Gasteiger partial charge in [-0.1, -0.05) is 0 Å². The van der Waals surface area contributed by atoms with E-state index < -0.39 is 0 Å². The third-order valence-corrected chi connectivity index (χ3v) is 0.